The number of hydrogen-bond acceptors (Lipinski definition) is 2. The average molecular weight is 282 g/mol. The maximum atomic E-state index is 3.72. The molecule has 1 aliphatic heterocycles. The van der Waals surface area contributed by atoms with Gasteiger partial charge >= 0.3 is 0 Å². The standard InChI is InChI=1S/C19H26N2/c1-3-21-11-10-16(14-21)13-20-15(2)18-9-8-17-6-4-5-7-19(17)12-18/h4-9,12,15-16,20H,3,10-11,13-14H2,1-2H3. The molecule has 1 N–H and O–H groups in total. The molecule has 112 valence electrons. The van der Waals surface area contributed by atoms with E-state index in [2.05, 4.69) is 66.5 Å². The quantitative estimate of drug-likeness (QED) is 0.896. The van der Waals surface area contributed by atoms with Crippen molar-refractivity contribution in [1.82, 2.24) is 10.2 Å². The SMILES string of the molecule is CCN1CCC(CNC(C)c2ccc3ccccc3c2)C1. The number of likely N-dealkylation sites (tertiary alicyclic amines) is 1. The topological polar surface area (TPSA) is 15.3 Å². The molecule has 21 heavy (non-hydrogen) atoms. The molecule has 0 spiro atoms. The number of nitrogens with one attached hydrogen (secondary N) is 1. The number of hydrogen-bond donors (Lipinski definition) is 1. The second kappa shape index (κ2) is 6.59. The van der Waals surface area contributed by atoms with E-state index >= 15 is 0 Å². The molecule has 3 rings (SSSR count). The van der Waals surface area contributed by atoms with Gasteiger partial charge in [0.15, 0.2) is 0 Å². The van der Waals surface area contributed by atoms with Gasteiger partial charge in [0.2, 0.25) is 0 Å². The number of rotatable bonds is 5. The Labute approximate surface area is 128 Å². The first-order chi connectivity index (χ1) is 10.3. The molecule has 0 bridgehead atoms. The summed E-state index contributed by atoms with van der Waals surface area (Å²) in [6, 6.07) is 15.8. The van der Waals surface area contributed by atoms with E-state index in [1.54, 1.807) is 0 Å². The van der Waals surface area contributed by atoms with E-state index in [4.69, 9.17) is 0 Å². The molecule has 2 heteroatoms. The third-order valence-electron chi connectivity index (χ3n) is 4.80. The molecule has 2 unspecified atom stereocenters. The predicted octanol–water partition coefficient (Wildman–Crippen LogP) is 3.83. The van der Waals surface area contributed by atoms with Gasteiger partial charge in [-0.3, -0.25) is 0 Å². The zero-order valence-electron chi connectivity index (χ0n) is 13.2. The molecule has 1 saturated heterocycles. The van der Waals surface area contributed by atoms with Crippen molar-refractivity contribution in [2.75, 3.05) is 26.2 Å². The van der Waals surface area contributed by atoms with Crippen LogP contribution >= 0.6 is 0 Å². The van der Waals surface area contributed by atoms with Gasteiger partial charge in [0.05, 0.1) is 0 Å². The molecule has 0 amide bonds. The fourth-order valence-corrected chi connectivity index (χ4v) is 3.31. The van der Waals surface area contributed by atoms with E-state index in [0.717, 1.165) is 12.5 Å². The van der Waals surface area contributed by atoms with Crippen LogP contribution in [0.15, 0.2) is 42.5 Å². The molecular weight excluding hydrogens is 256 g/mol. The van der Waals surface area contributed by atoms with Crippen LogP contribution in [0.1, 0.15) is 31.9 Å². The van der Waals surface area contributed by atoms with E-state index in [1.165, 1.54) is 42.4 Å². The first-order valence-electron chi connectivity index (χ1n) is 8.20. The van der Waals surface area contributed by atoms with E-state index in [-0.39, 0.29) is 0 Å². The third-order valence-corrected chi connectivity index (χ3v) is 4.80. The zero-order valence-corrected chi connectivity index (χ0v) is 13.2. The van der Waals surface area contributed by atoms with Crippen LogP contribution in [0.4, 0.5) is 0 Å². The maximum absolute atomic E-state index is 3.72. The Hall–Kier alpha value is -1.38. The van der Waals surface area contributed by atoms with Crippen LogP contribution in [0.5, 0.6) is 0 Å². The highest BCUT2D eigenvalue weighted by Gasteiger charge is 2.21. The van der Waals surface area contributed by atoms with Gasteiger partial charge in [-0.25, -0.2) is 0 Å². The van der Waals surface area contributed by atoms with Crippen LogP contribution in [0.2, 0.25) is 0 Å². The molecular formula is C19H26N2. The Morgan fingerprint density at radius 2 is 2.00 bits per heavy atom. The molecule has 1 aliphatic rings. The summed E-state index contributed by atoms with van der Waals surface area (Å²) in [6.07, 6.45) is 1.34. The highest BCUT2D eigenvalue weighted by atomic mass is 15.1. The predicted molar refractivity (Wildman–Crippen MR) is 90.6 cm³/mol. The van der Waals surface area contributed by atoms with E-state index in [0.29, 0.717) is 6.04 Å². The molecule has 0 radical (unpaired) electrons. The Morgan fingerprint density at radius 3 is 2.76 bits per heavy atom. The summed E-state index contributed by atoms with van der Waals surface area (Å²) in [7, 11) is 0. The molecule has 2 aromatic rings. The Morgan fingerprint density at radius 1 is 1.19 bits per heavy atom. The van der Waals surface area contributed by atoms with E-state index < -0.39 is 0 Å². The number of benzene rings is 2. The second-order valence-electron chi connectivity index (χ2n) is 6.28. The maximum Gasteiger partial charge on any atom is 0.0292 e. The van der Waals surface area contributed by atoms with Gasteiger partial charge in [0.25, 0.3) is 0 Å². The van der Waals surface area contributed by atoms with Gasteiger partial charge in [0.1, 0.15) is 0 Å². The van der Waals surface area contributed by atoms with E-state index in [9.17, 15) is 0 Å². The van der Waals surface area contributed by atoms with Crippen molar-refractivity contribution in [3.63, 3.8) is 0 Å². The smallest absolute Gasteiger partial charge is 0.0292 e. The van der Waals surface area contributed by atoms with Gasteiger partial charge in [-0.15, -0.1) is 0 Å². The van der Waals surface area contributed by atoms with Crippen LogP contribution in [-0.4, -0.2) is 31.1 Å². The number of fused-ring (bicyclic) bond motifs is 1. The Bertz CT molecular complexity index is 593. The summed E-state index contributed by atoms with van der Waals surface area (Å²) in [5.74, 6) is 0.813. The monoisotopic (exact) mass is 282 g/mol. The second-order valence-corrected chi connectivity index (χ2v) is 6.28. The molecule has 0 aliphatic carbocycles. The van der Waals surface area contributed by atoms with Crippen molar-refractivity contribution in [1.29, 1.82) is 0 Å². The van der Waals surface area contributed by atoms with Crippen molar-refractivity contribution in [2.24, 2.45) is 5.92 Å². The average Bonchev–Trinajstić information content (AvgIpc) is 3.00. The lowest BCUT2D eigenvalue weighted by Gasteiger charge is -2.18. The molecule has 1 heterocycles. The van der Waals surface area contributed by atoms with Crippen molar-refractivity contribution < 1.29 is 0 Å². The van der Waals surface area contributed by atoms with Crippen LogP contribution in [0.25, 0.3) is 10.8 Å². The molecule has 2 atom stereocenters. The highest BCUT2D eigenvalue weighted by Crippen LogP contribution is 2.21. The largest absolute Gasteiger partial charge is 0.310 e. The Balaban J connectivity index is 1.60. The van der Waals surface area contributed by atoms with Crippen LogP contribution in [-0.2, 0) is 0 Å². The van der Waals surface area contributed by atoms with Crippen molar-refractivity contribution in [2.45, 2.75) is 26.3 Å². The molecule has 0 saturated carbocycles. The van der Waals surface area contributed by atoms with Crippen molar-refractivity contribution in [3.8, 4) is 0 Å². The fourth-order valence-electron chi connectivity index (χ4n) is 3.31. The Kier molecular flexibility index (Phi) is 4.57. The lowest BCUT2D eigenvalue weighted by molar-refractivity contribution is 0.336. The minimum Gasteiger partial charge on any atom is -0.310 e. The minimum absolute atomic E-state index is 0.422. The van der Waals surface area contributed by atoms with Gasteiger partial charge in [-0.1, -0.05) is 43.3 Å². The van der Waals surface area contributed by atoms with Gasteiger partial charge < -0.3 is 10.2 Å². The summed E-state index contributed by atoms with van der Waals surface area (Å²) in [5, 5.41) is 6.38. The first kappa shape index (κ1) is 14.6. The molecule has 2 aromatic carbocycles. The summed E-state index contributed by atoms with van der Waals surface area (Å²) in [6.45, 7) is 9.38. The van der Waals surface area contributed by atoms with Crippen LogP contribution < -0.4 is 5.32 Å². The first-order valence-corrected chi connectivity index (χ1v) is 8.20. The summed E-state index contributed by atoms with van der Waals surface area (Å²) in [4.78, 5) is 2.55. The molecule has 0 aromatic heterocycles. The summed E-state index contributed by atoms with van der Waals surface area (Å²) >= 11 is 0. The van der Waals surface area contributed by atoms with Gasteiger partial charge in [0, 0.05) is 12.6 Å². The fraction of sp³-hybridized carbons (Fsp3) is 0.474. The van der Waals surface area contributed by atoms with Gasteiger partial charge in [-0.05, 0) is 61.3 Å². The van der Waals surface area contributed by atoms with E-state index in [1.807, 2.05) is 0 Å². The van der Waals surface area contributed by atoms with Crippen molar-refractivity contribution >= 4 is 10.8 Å². The normalized spacial score (nSPS) is 21.0. The lowest BCUT2D eigenvalue weighted by atomic mass is 10.0. The highest BCUT2D eigenvalue weighted by molar-refractivity contribution is 5.83. The van der Waals surface area contributed by atoms with Gasteiger partial charge in [-0.2, -0.15) is 0 Å². The van der Waals surface area contributed by atoms with Crippen LogP contribution in [0.3, 0.4) is 0 Å². The minimum atomic E-state index is 0.422. The third kappa shape index (κ3) is 3.45. The lowest BCUT2D eigenvalue weighted by Crippen LogP contribution is -2.28. The van der Waals surface area contributed by atoms with Crippen LogP contribution in [0, 0.1) is 5.92 Å². The molecule has 1 fully saturated rings. The zero-order chi connectivity index (χ0) is 14.7. The summed E-state index contributed by atoms with van der Waals surface area (Å²) in [5.41, 5.74) is 1.39. The van der Waals surface area contributed by atoms with Crippen molar-refractivity contribution in [3.05, 3.63) is 48.0 Å². The number of nitrogens with zero attached hydrogens (tertiary/aromatic N) is 1. The summed E-state index contributed by atoms with van der Waals surface area (Å²) < 4.78 is 0. The molecule has 2 nitrogen and oxygen atoms in total.